The van der Waals surface area contributed by atoms with Crippen molar-refractivity contribution in [3.05, 3.63) is 70.1 Å². The lowest BCUT2D eigenvalue weighted by Gasteiger charge is -2.29. The van der Waals surface area contributed by atoms with E-state index >= 15 is 0 Å². The predicted octanol–water partition coefficient (Wildman–Crippen LogP) is 4.62. The van der Waals surface area contributed by atoms with E-state index in [4.69, 9.17) is 16.7 Å². The van der Waals surface area contributed by atoms with Crippen LogP contribution in [0.15, 0.2) is 42.6 Å². The summed E-state index contributed by atoms with van der Waals surface area (Å²) in [4.78, 5) is 32.3. The maximum absolute atomic E-state index is 12.6. The Morgan fingerprint density at radius 1 is 1.16 bits per heavy atom. The normalized spacial score (nSPS) is 17.5. The third-order valence-corrected chi connectivity index (χ3v) is 7.86. The van der Waals surface area contributed by atoms with Crippen molar-refractivity contribution < 1.29 is 19.1 Å². The van der Waals surface area contributed by atoms with Gasteiger partial charge in [0.15, 0.2) is 0 Å². The van der Waals surface area contributed by atoms with Gasteiger partial charge < -0.3 is 9.67 Å². The number of hydrogen-bond acceptors (Lipinski definition) is 5. The second-order valence-corrected chi connectivity index (χ2v) is 10.5. The highest BCUT2D eigenvalue weighted by Crippen LogP contribution is 2.33. The van der Waals surface area contributed by atoms with Crippen LogP contribution in [0.25, 0.3) is 11.4 Å². The van der Waals surface area contributed by atoms with Crippen LogP contribution in [0.2, 0.25) is 5.02 Å². The zero-order valence-corrected chi connectivity index (χ0v) is 22.0. The van der Waals surface area contributed by atoms with Crippen LogP contribution in [-0.4, -0.2) is 44.6 Å². The van der Waals surface area contributed by atoms with Crippen molar-refractivity contribution >= 4 is 29.4 Å². The Kier molecular flexibility index (Phi) is 7.78. The van der Waals surface area contributed by atoms with Crippen LogP contribution in [0, 0.1) is 11.7 Å². The second kappa shape index (κ2) is 11.2. The Labute approximate surface area is 226 Å². The van der Waals surface area contributed by atoms with Crippen molar-refractivity contribution in [2.75, 3.05) is 18.0 Å². The molecule has 2 aromatic carbocycles. The number of anilines is 1. The van der Waals surface area contributed by atoms with Gasteiger partial charge in [0, 0.05) is 55.8 Å². The van der Waals surface area contributed by atoms with Crippen molar-refractivity contribution in [3.63, 3.8) is 0 Å². The Bertz CT molecular complexity index is 1340. The highest BCUT2D eigenvalue weighted by Gasteiger charge is 2.28. The average molecular weight is 540 g/mol. The molecule has 6 rings (SSSR count). The van der Waals surface area contributed by atoms with Gasteiger partial charge in [0.2, 0.25) is 5.91 Å². The van der Waals surface area contributed by atoms with Crippen LogP contribution in [0.1, 0.15) is 42.4 Å². The first-order valence-electron chi connectivity index (χ1n) is 12.9. The molecule has 8 nitrogen and oxygen atoms in total. The third-order valence-electron chi connectivity index (χ3n) is 7.51. The number of aliphatic hydroxyl groups excluding tert-OH is 1. The molecular formula is C28H31ClFN5O3. The topological polar surface area (TPSA) is 90.7 Å². The molecule has 10 heteroatoms. The molecule has 0 unspecified atom stereocenters. The number of amides is 3. The summed E-state index contributed by atoms with van der Waals surface area (Å²) in [6.45, 7) is 3.28. The Balaban J connectivity index is 0.000000249. The monoisotopic (exact) mass is 539 g/mol. The number of rotatable bonds is 5. The molecule has 0 bridgehead atoms. The fraction of sp³-hybridized carbons (Fsp3) is 0.393. The van der Waals surface area contributed by atoms with E-state index in [0.29, 0.717) is 18.8 Å². The summed E-state index contributed by atoms with van der Waals surface area (Å²) in [5.74, 6) is 1.73. The number of carbonyl (C=O) groups excluding carboxylic acids is 2. The van der Waals surface area contributed by atoms with E-state index in [-0.39, 0.29) is 29.1 Å². The maximum atomic E-state index is 12.6. The molecule has 3 amide bonds. The molecule has 2 fully saturated rings. The zero-order valence-electron chi connectivity index (χ0n) is 21.3. The van der Waals surface area contributed by atoms with E-state index in [2.05, 4.69) is 33.4 Å². The lowest BCUT2D eigenvalue weighted by atomic mass is 9.85. The van der Waals surface area contributed by atoms with E-state index in [1.54, 1.807) is 11.1 Å². The molecule has 3 aromatic rings. The summed E-state index contributed by atoms with van der Waals surface area (Å²) in [5.41, 5.74) is 4.00. The maximum Gasteiger partial charge on any atom is 0.329 e. The van der Waals surface area contributed by atoms with E-state index < -0.39 is 5.82 Å². The number of fused-ring (bicyclic) bond motifs is 1. The number of nitrogens with one attached hydrogen (secondary N) is 1. The molecule has 0 atom stereocenters. The fourth-order valence-corrected chi connectivity index (χ4v) is 5.38. The lowest BCUT2D eigenvalue weighted by molar-refractivity contribution is -0.120. The van der Waals surface area contributed by atoms with Crippen LogP contribution in [-0.2, 0) is 31.5 Å². The van der Waals surface area contributed by atoms with Gasteiger partial charge >= 0.3 is 6.03 Å². The largest absolute Gasteiger partial charge is 0.392 e. The number of urea groups is 1. The molecule has 3 aliphatic rings. The highest BCUT2D eigenvalue weighted by molar-refractivity contribution is 6.31. The number of hydrogen-bond donors (Lipinski definition) is 2. The number of imide groups is 1. The summed E-state index contributed by atoms with van der Waals surface area (Å²) in [6.07, 6.45) is 6.16. The molecule has 38 heavy (non-hydrogen) atoms. The summed E-state index contributed by atoms with van der Waals surface area (Å²) in [5, 5.41) is 11.2. The van der Waals surface area contributed by atoms with Crippen LogP contribution in [0.5, 0.6) is 0 Å². The van der Waals surface area contributed by atoms with E-state index in [9.17, 15) is 14.0 Å². The number of nitrogens with zero attached hydrogens (tertiary/aromatic N) is 4. The second-order valence-electron chi connectivity index (χ2n) is 10.1. The van der Waals surface area contributed by atoms with Gasteiger partial charge in [0.05, 0.1) is 12.8 Å². The standard InChI is InChI=1S/C21H25N5O2.C7H6ClFO/c1-24-19(26-8-7-18(27)23-21(26)28)10-22-20(24)15-5-6-16-12-25(13-17(16)9-15)11-14-3-2-4-14;8-6-2-1-3-7(9)5(6)4-10/h5-6,9-10,14H,2-4,7-8,11-13H2,1H3,(H,23,27,28);1-3,10H,4H2. The summed E-state index contributed by atoms with van der Waals surface area (Å²) in [7, 11) is 1.91. The molecule has 1 saturated heterocycles. The molecule has 0 spiro atoms. The SMILES string of the molecule is Cn1c(N2CCC(=O)NC2=O)cnc1-c1ccc2c(c1)CN(CC1CCC1)C2.OCc1c(F)cccc1Cl. The molecule has 1 aromatic heterocycles. The molecule has 2 N–H and O–H groups in total. The molecule has 1 saturated carbocycles. The number of aliphatic hydroxyl groups is 1. The van der Waals surface area contributed by atoms with Gasteiger partial charge in [-0.15, -0.1) is 0 Å². The van der Waals surface area contributed by atoms with Crippen LogP contribution >= 0.6 is 11.6 Å². The minimum Gasteiger partial charge on any atom is -0.392 e. The minimum atomic E-state index is -0.463. The molecular weight excluding hydrogens is 509 g/mol. The highest BCUT2D eigenvalue weighted by atomic mass is 35.5. The first kappa shape index (κ1) is 26.3. The number of halogens is 2. The molecule has 2 aliphatic heterocycles. The Morgan fingerprint density at radius 2 is 1.95 bits per heavy atom. The van der Waals surface area contributed by atoms with E-state index in [1.165, 1.54) is 55.1 Å². The first-order valence-corrected chi connectivity index (χ1v) is 13.2. The van der Waals surface area contributed by atoms with Crippen molar-refractivity contribution in [3.8, 4) is 11.4 Å². The lowest BCUT2D eigenvalue weighted by Crippen LogP contribution is -2.50. The van der Waals surface area contributed by atoms with Gasteiger partial charge in [0.25, 0.3) is 0 Å². The number of aromatic nitrogens is 2. The van der Waals surface area contributed by atoms with Crippen LogP contribution < -0.4 is 10.2 Å². The van der Waals surface area contributed by atoms with E-state index in [0.717, 1.165) is 30.4 Å². The quantitative estimate of drug-likeness (QED) is 0.494. The van der Waals surface area contributed by atoms with Gasteiger partial charge in [-0.25, -0.2) is 14.2 Å². The zero-order chi connectivity index (χ0) is 26.8. The van der Waals surface area contributed by atoms with Crippen molar-refractivity contribution in [1.29, 1.82) is 0 Å². The Morgan fingerprint density at radius 3 is 2.61 bits per heavy atom. The van der Waals surface area contributed by atoms with Crippen molar-refractivity contribution in [2.45, 2.75) is 45.4 Å². The Hall–Kier alpha value is -3.27. The summed E-state index contributed by atoms with van der Waals surface area (Å²) in [6, 6.07) is 10.5. The average Bonchev–Trinajstić information content (AvgIpc) is 3.44. The number of imidazole rings is 1. The summed E-state index contributed by atoms with van der Waals surface area (Å²) >= 11 is 5.53. The third kappa shape index (κ3) is 5.45. The minimum absolute atomic E-state index is 0.157. The van der Waals surface area contributed by atoms with Gasteiger partial charge in [-0.1, -0.05) is 36.2 Å². The van der Waals surface area contributed by atoms with Crippen LogP contribution in [0.4, 0.5) is 15.0 Å². The number of carbonyl (C=O) groups is 2. The number of benzene rings is 2. The molecule has 1 aliphatic carbocycles. The predicted molar refractivity (Wildman–Crippen MR) is 143 cm³/mol. The smallest absolute Gasteiger partial charge is 0.329 e. The fourth-order valence-electron chi connectivity index (χ4n) is 5.16. The molecule has 0 radical (unpaired) electrons. The van der Waals surface area contributed by atoms with Gasteiger partial charge in [-0.2, -0.15) is 0 Å². The van der Waals surface area contributed by atoms with E-state index in [1.807, 2.05) is 11.6 Å². The van der Waals surface area contributed by atoms with Gasteiger partial charge in [0.1, 0.15) is 17.5 Å². The van der Waals surface area contributed by atoms with Crippen molar-refractivity contribution in [2.24, 2.45) is 13.0 Å². The molecule has 3 heterocycles. The summed E-state index contributed by atoms with van der Waals surface area (Å²) < 4.78 is 14.5. The van der Waals surface area contributed by atoms with Crippen molar-refractivity contribution in [1.82, 2.24) is 19.8 Å². The van der Waals surface area contributed by atoms with Gasteiger partial charge in [-0.3, -0.25) is 19.9 Å². The van der Waals surface area contributed by atoms with Crippen LogP contribution in [0.3, 0.4) is 0 Å². The van der Waals surface area contributed by atoms with Gasteiger partial charge in [-0.05, 0) is 48.1 Å². The first-order chi connectivity index (χ1) is 18.3. The molecule has 200 valence electrons.